The summed E-state index contributed by atoms with van der Waals surface area (Å²) in [4.78, 5) is 15.7. The molecule has 1 N–H and O–H groups in total. The molecule has 2 aromatic rings. The second-order valence-electron chi connectivity index (χ2n) is 5.19. The molecule has 1 aliphatic rings. The summed E-state index contributed by atoms with van der Waals surface area (Å²) in [6.07, 6.45) is 1.83. The first kappa shape index (κ1) is 13.1. The van der Waals surface area contributed by atoms with E-state index < -0.39 is 0 Å². The lowest BCUT2D eigenvalue weighted by Crippen LogP contribution is -2.44. The Morgan fingerprint density at radius 2 is 2.00 bits per heavy atom. The molecule has 0 amide bonds. The van der Waals surface area contributed by atoms with Crippen molar-refractivity contribution in [2.75, 3.05) is 38.2 Å². The maximum Gasteiger partial charge on any atom is 0.320 e. The van der Waals surface area contributed by atoms with Gasteiger partial charge in [0.25, 0.3) is 0 Å². The number of imidazole rings is 1. The van der Waals surface area contributed by atoms with Crippen molar-refractivity contribution in [3.8, 4) is 6.01 Å². The summed E-state index contributed by atoms with van der Waals surface area (Å²) in [5.41, 5.74) is 1.68. The van der Waals surface area contributed by atoms with Crippen molar-refractivity contribution in [1.29, 1.82) is 0 Å². The van der Waals surface area contributed by atoms with Gasteiger partial charge >= 0.3 is 6.01 Å². The van der Waals surface area contributed by atoms with Crippen LogP contribution in [0.2, 0.25) is 0 Å². The van der Waals surface area contributed by atoms with Crippen molar-refractivity contribution in [3.63, 3.8) is 0 Å². The number of rotatable bonds is 3. The highest BCUT2D eigenvalue weighted by Crippen LogP contribution is 2.26. The average Bonchev–Trinajstić information content (AvgIpc) is 2.91. The topological polar surface area (TPSA) is 68.1 Å². The van der Waals surface area contributed by atoms with Crippen LogP contribution in [0.3, 0.4) is 0 Å². The van der Waals surface area contributed by atoms with Gasteiger partial charge in [0.05, 0.1) is 13.4 Å². The molecule has 20 heavy (non-hydrogen) atoms. The van der Waals surface area contributed by atoms with Crippen LogP contribution in [-0.2, 0) is 0 Å². The summed E-state index contributed by atoms with van der Waals surface area (Å²) in [5.74, 6) is 0.868. The van der Waals surface area contributed by atoms with E-state index in [1.165, 1.54) is 0 Å². The Bertz CT molecular complexity index is 602. The fourth-order valence-corrected chi connectivity index (χ4v) is 2.45. The van der Waals surface area contributed by atoms with Crippen LogP contribution in [-0.4, -0.2) is 52.8 Å². The van der Waals surface area contributed by atoms with Gasteiger partial charge in [-0.1, -0.05) is 0 Å². The summed E-state index contributed by atoms with van der Waals surface area (Å²) in [6, 6.07) is 0.698. The van der Waals surface area contributed by atoms with Crippen molar-refractivity contribution in [2.24, 2.45) is 0 Å². The molecule has 7 nitrogen and oxygen atoms in total. The van der Waals surface area contributed by atoms with Crippen LogP contribution in [0, 0.1) is 0 Å². The second kappa shape index (κ2) is 5.24. The quantitative estimate of drug-likeness (QED) is 0.895. The van der Waals surface area contributed by atoms with E-state index in [4.69, 9.17) is 4.74 Å². The van der Waals surface area contributed by atoms with Gasteiger partial charge in [-0.15, -0.1) is 0 Å². The number of hydrogen-bond donors (Lipinski definition) is 1. The normalized spacial score (nSPS) is 16.1. The zero-order valence-electron chi connectivity index (χ0n) is 12.1. The van der Waals surface area contributed by atoms with E-state index in [2.05, 4.69) is 39.0 Å². The number of piperazine rings is 1. The van der Waals surface area contributed by atoms with Crippen LogP contribution in [0.4, 0.5) is 5.82 Å². The molecule has 1 saturated heterocycles. The second-order valence-corrected chi connectivity index (χ2v) is 5.19. The minimum absolute atomic E-state index is 0.301. The molecular weight excluding hydrogens is 256 g/mol. The van der Waals surface area contributed by atoms with Crippen molar-refractivity contribution in [3.05, 3.63) is 6.33 Å². The van der Waals surface area contributed by atoms with Gasteiger partial charge in [0.2, 0.25) is 0 Å². The molecule has 0 spiro atoms. The Kier molecular flexibility index (Phi) is 3.43. The third kappa shape index (κ3) is 2.18. The van der Waals surface area contributed by atoms with E-state index in [1.54, 1.807) is 7.11 Å². The zero-order chi connectivity index (χ0) is 14.1. The maximum atomic E-state index is 5.25. The van der Waals surface area contributed by atoms with Gasteiger partial charge in [0, 0.05) is 32.2 Å². The number of nitrogens with zero attached hydrogens (tertiary/aromatic N) is 5. The standard InChI is InChI=1S/C13H20N6O/c1-9(2)19-8-15-10-11(18-6-4-14-5-7-18)16-13(20-3)17-12(10)19/h8-9,14H,4-7H2,1-3H3. The lowest BCUT2D eigenvalue weighted by atomic mass is 10.3. The lowest BCUT2D eigenvalue weighted by Gasteiger charge is -2.28. The molecule has 1 fully saturated rings. The monoisotopic (exact) mass is 276 g/mol. The average molecular weight is 276 g/mol. The number of methoxy groups -OCH3 is 1. The molecule has 3 rings (SSSR count). The first-order valence-corrected chi connectivity index (χ1v) is 6.95. The molecule has 0 unspecified atom stereocenters. The zero-order valence-corrected chi connectivity index (χ0v) is 12.1. The van der Waals surface area contributed by atoms with Gasteiger partial charge in [-0.2, -0.15) is 9.97 Å². The maximum absolute atomic E-state index is 5.25. The summed E-state index contributed by atoms with van der Waals surface area (Å²) >= 11 is 0. The number of ether oxygens (including phenoxy) is 1. The Labute approximate surface area is 118 Å². The van der Waals surface area contributed by atoms with Crippen LogP contribution in [0.1, 0.15) is 19.9 Å². The molecule has 3 heterocycles. The van der Waals surface area contributed by atoms with Crippen molar-refractivity contribution >= 4 is 17.0 Å². The summed E-state index contributed by atoms with van der Waals surface area (Å²) < 4.78 is 7.30. The van der Waals surface area contributed by atoms with Crippen molar-refractivity contribution in [1.82, 2.24) is 24.8 Å². The molecular formula is C13H20N6O. The molecule has 0 aliphatic carbocycles. The van der Waals surface area contributed by atoms with E-state index in [0.717, 1.165) is 43.2 Å². The highest BCUT2D eigenvalue weighted by Gasteiger charge is 2.20. The van der Waals surface area contributed by atoms with Crippen LogP contribution in [0.5, 0.6) is 6.01 Å². The number of anilines is 1. The number of aromatic nitrogens is 4. The van der Waals surface area contributed by atoms with Gasteiger partial charge in [-0.3, -0.25) is 0 Å². The Morgan fingerprint density at radius 1 is 1.25 bits per heavy atom. The van der Waals surface area contributed by atoms with Gasteiger partial charge in [0.15, 0.2) is 17.0 Å². The van der Waals surface area contributed by atoms with Crippen LogP contribution in [0.25, 0.3) is 11.2 Å². The molecule has 108 valence electrons. The molecule has 0 bridgehead atoms. The van der Waals surface area contributed by atoms with E-state index in [9.17, 15) is 0 Å². The molecule has 0 saturated carbocycles. The predicted molar refractivity (Wildman–Crippen MR) is 77.3 cm³/mol. The Hall–Kier alpha value is -1.89. The molecule has 2 aromatic heterocycles. The van der Waals surface area contributed by atoms with E-state index in [0.29, 0.717) is 12.1 Å². The molecule has 0 atom stereocenters. The van der Waals surface area contributed by atoms with Crippen LogP contribution in [0.15, 0.2) is 6.33 Å². The summed E-state index contributed by atoms with van der Waals surface area (Å²) in [5, 5.41) is 3.34. The van der Waals surface area contributed by atoms with E-state index >= 15 is 0 Å². The third-order valence-electron chi connectivity index (χ3n) is 3.54. The predicted octanol–water partition coefficient (Wildman–Crippen LogP) is 0.825. The minimum atomic E-state index is 0.301. The van der Waals surface area contributed by atoms with Crippen molar-refractivity contribution in [2.45, 2.75) is 19.9 Å². The van der Waals surface area contributed by atoms with Crippen LogP contribution >= 0.6 is 0 Å². The fraction of sp³-hybridized carbons (Fsp3) is 0.615. The molecule has 7 heteroatoms. The number of hydrogen-bond acceptors (Lipinski definition) is 6. The van der Waals surface area contributed by atoms with Crippen LogP contribution < -0.4 is 15.0 Å². The molecule has 1 aliphatic heterocycles. The Balaban J connectivity index is 2.14. The largest absolute Gasteiger partial charge is 0.467 e. The SMILES string of the molecule is COc1nc(N2CCNCC2)c2ncn(C(C)C)c2n1. The third-order valence-corrected chi connectivity index (χ3v) is 3.54. The molecule has 0 aromatic carbocycles. The summed E-state index contributed by atoms with van der Waals surface area (Å²) in [7, 11) is 1.60. The molecule has 0 radical (unpaired) electrons. The summed E-state index contributed by atoms with van der Waals surface area (Å²) in [6.45, 7) is 7.98. The Morgan fingerprint density at radius 3 is 2.65 bits per heavy atom. The fourth-order valence-electron chi connectivity index (χ4n) is 2.45. The minimum Gasteiger partial charge on any atom is -0.467 e. The van der Waals surface area contributed by atoms with Gasteiger partial charge < -0.3 is 19.5 Å². The first-order valence-electron chi connectivity index (χ1n) is 6.95. The van der Waals surface area contributed by atoms with E-state index in [1.807, 2.05) is 10.9 Å². The van der Waals surface area contributed by atoms with Gasteiger partial charge in [-0.05, 0) is 13.8 Å². The number of nitrogens with one attached hydrogen (secondary N) is 1. The smallest absolute Gasteiger partial charge is 0.320 e. The highest BCUT2D eigenvalue weighted by atomic mass is 16.5. The van der Waals surface area contributed by atoms with Gasteiger partial charge in [-0.25, -0.2) is 4.98 Å². The number of fused-ring (bicyclic) bond motifs is 1. The lowest BCUT2D eigenvalue weighted by molar-refractivity contribution is 0.380. The van der Waals surface area contributed by atoms with E-state index in [-0.39, 0.29) is 0 Å². The first-order chi connectivity index (χ1) is 9.70. The van der Waals surface area contributed by atoms with Gasteiger partial charge in [0.1, 0.15) is 0 Å². The van der Waals surface area contributed by atoms with Crippen molar-refractivity contribution < 1.29 is 4.74 Å². The highest BCUT2D eigenvalue weighted by molar-refractivity contribution is 5.84.